The summed E-state index contributed by atoms with van der Waals surface area (Å²) in [5.74, 6) is 2.89. The summed E-state index contributed by atoms with van der Waals surface area (Å²) in [7, 11) is 3.57. The van der Waals surface area contributed by atoms with E-state index in [2.05, 4.69) is 10.2 Å². The highest BCUT2D eigenvalue weighted by Crippen LogP contribution is 2.59. The van der Waals surface area contributed by atoms with Crippen molar-refractivity contribution in [1.82, 2.24) is 0 Å². The van der Waals surface area contributed by atoms with Gasteiger partial charge in [0.25, 0.3) is 0 Å². The normalized spacial score (nSPS) is 58.1. The van der Waals surface area contributed by atoms with Crippen molar-refractivity contribution in [3.8, 4) is 0 Å². The van der Waals surface area contributed by atoms with Gasteiger partial charge in [-0.05, 0) is 30.6 Å². The van der Waals surface area contributed by atoms with Crippen LogP contribution >= 0.6 is 0 Å². The van der Waals surface area contributed by atoms with E-state index in [0.717, 1.165) is 17.8 Å². The molecule has 0 aromatic rings. The average molecular weight is 165 g/mol. The van der Waals surface area contributed by atoms with E-state index in [4.69, 9.17) is 4.74 Å². The molecule has 3 fully saturated rings. The Morgan fingerprint density at radius 2 is 2.18 bits per heavy atom. The standard InChI is InChI=1S/C9H13OSi/c11-2-1-5-3-6-4-7(5)9-8(6)10-9/h5-9H,1-4H2. The predicted octanol–water partition coefficient (Wildman–Crippen LogP) is 1.39. The Hall–Kier alpha value is 0.177. The van der Waals surface area contributed by atoms with Gasteiger partial charge in [-0.2, -0.15) is 0 Å². The van der Waals surface area contributed by atoms with Gasteiger partial charge in [0.15, 0.2) is 0 Å². The maximum atomic E-state index is 5.60. The molecule has 0 aromatic carbocycles. The molecule has 11 heavy (non-hydrogen) atoms. The minimum Gasteiger partial charge on any atom is -0.369 e. The maximum Gasteiger partial charge on any atom is 0.0875 e. The molecular formula is C9H13OSi. The summed E-state index contributed by atoms with van der Waals surface area (Å²) < 4.78 is 5.60. The Morgan fingerprint density at radius 3 is 2.82 bits per heavy atom. The third-order valence-corrected chi connectivity index (χ3v) is 4.04. The predicted molar refractivity (Wildman–Crippen MR) is 43.5 cm³/mol. The van der Waals surface area contributed by atoms with Gasteiger partial charge in [0.05, 0.1) is 12.2 Å². The quantitative estimate of drug-likeness (QED) is 0.445. The third kappa shape index (κ3) is 0.799. The van der Waals surface area contributed by atoms with E-state index in [1.165, 1.54) is 25.3 Å². The fourth-order valence-corrected chi connectivity index (χ4v) is 3.62. The monoisotopic (exact) mass is 165 g/mol. The van der Waals surface area contributed by atoms with Crippen molar-refractivity contribution in [2.45, 2.75) is 37.5 Å². The summed E-state index contributed by atoms with van der Waals surface area (Å²) in [5, 5.41) is 0. The lowest BCUT2D eigenvalue weighted by Crippen LogP contribution is -2.17. The molecule has 1 aliphatic heterocycles. The highest BCUT2D eigenvalue weighted by atomic mass is 28.1. The molecule has 1 saturated heterocycles. The summed E-state index contributed by atoms with van der Waals surface area (Å²) in [6.07, 6.45) is 5.72. The van der Waals surface area contributed by atoms with E-state index >= 15 is 0 Å². The molecule has 0 N–H and O–H groups in total. The van der Waals surface area contributed by atoms with E-state index in [9.17, 15) is 0 Å². The topological polar surface area (TPSA) is 12.5 Å². The van der Waals surface area contributed by atoms with Gasteiger partial charge in [-0.3, -0.25) is 0 Å². The molecule has 0 spiro atoms. The first-order valence-electron chi connectivity index (χ1n) is 4.70. The van der Waals surface area contributed by atoms with Gasteiger partial charge < -0.3 is 4.74 Å². The molecule has 59 valence electrons. The van der Waals surface area contributed by atoms with Crippen LogP contribution in [0.3, 0.4) is 0 Å². The van der Waals surface area contributed by atoms with Crippen LogP contribution in [-0.2, 0) is 4.74 Å². The van der Waals surface area contributed by atoms with E-state index in [1.54, 1.807) is 0 Å². The molecule has 1 nitrogen and oxygen atoms in total. The molecule has 2 aliphatic carbocycles. The van der Waals surface area contributed by atoms with Crippen LogP contribution < -0.4 is 0 Å². The van der Waals surface area contributed by atoms with Crippen LogP contribution in [0.2, 0.25) is 6.04 Å². The van der Waals surface area contributed by atoms with Gasteiger partial charge in [-0.25, -0.2) is 0 Å². The zero-order valence-corrected chi connectivity index (χ0v) is 7.62. The Balaban J connectivity index is 1.73. The second kappa shape index (κ2) is 2.11. The zero-order valence-electron chi connectivity index (χ0n) is 6.62. The van der Waals surface area contributed by atoms with Gasteiger partial charge in [-0.1, -0.05) is 12.5 Å². The lowest BCUT2D eigenvalue weighted by Gasteiger charge is -2.17. The summed E-state index contributed by atoms with van der Waals surface area (Å²) in [6, 6.07) is 1.17. The van der Waals surface area contributed by atoms with Gasteiger partial charge >= 0.3 is 0 Å². The minimum absolute atomic E-state index is 0.706. The fourth-order valence-electron chi connectivity index (χ4n) is 3.25. The maximum absolute atomic E-state index is 5.60. The van der Waals surface area contributed by atoms with Crippen LogP contribution in [0.1, 0.15) is 19.3 Å². The molecule has 2 saturated carbocycles. The molecule has 1 heterocycles. The van der Waals surface area contributed by atoms with Crippen molar-refractivity contribution in [3.63, 3.8) is 0 Å². The largest absolute Gasteiger partial charge is 0.369 e. The van der Waals surface area contributed by atoms with E-state index < -0.39 is 0 Å². The van der Waals surface area contributed by atoms with E-state index in [1.807, 2.05) is 0 Å². The van der Waals surface area contributed by atoms with Gasteiger partial charge in [0.2, 0.25) is 0 Å². The third-order valence-electron chi connectivity index (χ3n) is 3.75. The average Bonchev–Trinajstić information content (AvgIpc) is 2.62. The number of fused-ring (bicyclic) bond motifs is 5. The Labute approximate surface area is 70.9 Å². The summed E-state index contributed by atoms with van der Waals surface area (Å²) in [5.41, 5.74) is 0. The molecular weight excluding hydrogens is 152 g/mol. The Kier molecular flexibility index (Phi) is 1.28. The number of epoxide rings is 1. The first-order valence-corrected chi connectivity index (χ1v) is 5.41. The summed E-state index contributed by atoms with van der Waals surface area (Å²) in [6.45, 7) is 0. The van der Waals surface area contributed by atoms with Crippen molar-refractivity contribution in [2.24, 2.45) is 17.8 Å². The molecule has 5 unspecified atom stereocenters. The smallest absolute Gasteiger partial charge is 0.0875 e. The summed E-state index contributed by atoms with van der Waals surface area (Å²) >= 11 is 0. The number of hydrogen-bond acceptors (Lipinski definition) is 1. The minimum atomic E-state index is 0.706. The van der Waals surface area contributed by atoms with Crippen molar-refractivity contribution in [2.75, 3.05) is 0 Å². The van der Waals surface area contributed by atoms with Gasteiger partial charge in [0.1, 0.15) is 0 Å². The van der Waals surface area contributed by atoms with Crippen LogP contribution in [0, 0.1) is 17.8 Å². The Bertz CT molecular complexity index is 182. The van der Waals surface area contributed by atoms with Crippen LogP contribution in [0.4, 0.5) is 0 Å². The molecule has 3 rings (SSSR count). The molecule has 3 radical (unpaired) electrons. The molecule has 2 bridgehead atoms. The number of hydrogen-bond donors (Lipinski definition) is 0. The number of rotatable bonds is 2. The highest BCUT2D eigenvalue weighted by Gasteiger charge is 2.62. The molecule has 5 atom stereocenters. The molecule has 0 amide bonds. The fraction of sp³-hybridized carbons (Fsp3) is 1.00. The second-order valence-electron chi connectivity index (χ2n) is 4.26. The summed E-state index contributed by atoms with van der Waals surface area (Å²) in [4.78, 5) is 0. The molecule has 3 aliphatic rings. The van der Waals surface area contributed by atoms with Crippen LogP contribution in [0.25, 0.3) is 0 Å². The van der Waals surface area contributed by atoms with Gasteiger partial charge in [0, 0.05) is 10.2 Å². The van der Waals surface area contributed by atoms with Crippen molar-refractivity contribution < 1.29 is 4.74 Å². The first kappa shape index (κ1) is 6.67. The van der Waals surface area contributed by atoms with Crippen LogP contribution in [-0.4, -0.2) is 22.5 Å². The SMILES string of the molecule is [Si]CCC1CC2CC1C1OC21. The molecule has 0 aromatic heterocycles. The van der Waals surface area contributed by atoms with E-state index in [0.29, 0.717) is 12.2 Å². The van der Waals surface area contributed by atoms with Crippen molar-refractivity contribution >= 4 is 10.2 Å². The van der Waals surface area contributed by atoms with Crippen molar-refractivity contribution in [3.05, 3.63) is 0 Å². The van der Waals surface area contributed by atoms with Crippen LogP contribution in [0.5, 0.6) is 0 Å². The van der Waals surface area contributed by atoms with Crippen molar-refractivity contribution in [1.29, 1.82) is 0 Å². The lowest BCUT2D eigenvalue weighted by atomic mass is 9.87. The zero-order chi connectivity index (χ0) is 7.42. The molecule has 2 heteroatoms. The van der Waals surface area contributed by atoms with Crippen LogP contribution in [0.15, 0.2) is 0 Å². The first-order chi connectivity index (χ1) is 5.40. The lowest BCUT2D eigenvalue weighted by molar-refractivity contribution is 0.249. The van der Waals surface area contributed by atoms with Gasteiger partial charge in [-0.15, -0.1) is 0 Å². The highest BCUT2D eigenvalue weighted by molar-refractivity contribution is 6.08. The number of ether oxygens (including phenoxy) is 1. The van der Waals surface area contributed by atoms with E-state index in [-0.39, 0.29) is 0 Å². The Morgan fingerprint density at radius 1 is 1.27 bits per heavy atom. The second-order valence-corrected chi connectivity index (χ2v) is 4.76.